The van der Waals surface area contributed by atoms with Crippen LogP contribution in [0.3, 0.4) is 0 Å². The summed E-state index contributed by atoms with van der Waals surface area (Å²) < 4.78 is 4.96. The molecule has 3 aromatic rings. The van der Waals surface area contributed by atoms with Gasteiger partial charge in [0.2, 0.25) is 0 Å². The second-order valence-corrected chi connectivity index (χ2v) is 7.48. The second kappa shape index (κ2) is 9.57. The highest BCUT2D eigenvalue weighted by Gasteiger charge is 2.12. The molecule has 0 fully saturated rings. The smallest absolute Gasteiger partial charge is 0.338 e. The van der Waals surface area contributed by atoms with Crippen LogP contribution in [0.4, 0.5) is 5.69 Å². The number of nitriles is 1. The number of carbonyl (C=O) groups excluding carboxylic acids is 1. The zero-order valence-corrected chi connectivity index (χ0v) is 17.6. The van der Waals surface area contributed by atoms with Crippen molar-refractivity contribution in [3.63, 3.8) is 0 Å². The first-order valence-corrected chi connectivity index (χ1v) is 10.2. The minimum absolute atomic E-state index is 0.324. The minimum atomic E-state index is -0.372. The van der Waals surface area contributed by atoms with Crippen LogP contribution in [-0.2, 0) is 4.74 Å². The van der Waals surface area contributed by atoms with Gasteiger partial charge in [0.1, 0.15) is 16.6 Å². The fourth-order valence-corrected chi connectivity index (χ4v) is 3.72. The lowest BCUT2D eigenvalue weighted by Crippen LogP contribution is -2.04. The third-order valence-electron chi connectivity index (χ3n) is 3.84. The summed E-state index contributed by atoms with van der Waals surface area (Å²) in [5.74, 6) is -0.372. The number of esters is 1. The maximum absolute atomic E-state index is 11.7. The molecule has 0 saturated carbocycles. The highest BCUT2D eigenvalue weighted by molar-refractivity contribution is 7.11. The number of hydrogen-bond acceptors (Lipinski definition) is 6. The normalized spacial score (nSPS) is 11.0. The number of aromatic nitrogens is 1. The molecule has 0 saturated heterocycles. The number of carbonyl (C=O) groups is 1. The summed E-state index contributed by atoms with van der Waals surface area (Å²) in [6.45, 7) is 2.08. The highest BCUT2D eigenvalue weighted by Crippen LogP contribution is 2.32. The molecule has 0 radical (unpaired) electrons. The van der Waals surface area contributed by atoms with Crippen molar-refractivity contribution < 1.29 is 9.53 Å². The van der Waals surface area contributed by atoms with Crippen LogP contribution in [0.25, 0.3) is 16.8 Å². The lowest BCUT2D eigenvalue weighted by molar-refractivity contribution is 0.0526. The van der Waals surface area contributed by atoms with Crippen molar-refractivity contribution in [3.05, 3.63) is 74.7 Å². The average Bonchev–Trinajstić information content (AvgIpc) is 3.19. The summed E-state index contributed by atoms with van der Waals surface area (Å²) in [4.78, 5) is 16.2. The van der Waals surface area contributed by atoms with E-state index in [9.17, 15) is 10.1 Å². The molecule has 1 aromatic heterocycles. The number of ether oxygens (including phenoxy) is 1. The van der Waals surface area contributed by atoms with Crippen LogP contribution in [0.2, 0.25) is 10.0 Å². The number of allylic oxidation sites excluding steroid dienone is 1. The molecule has 0 aliphatic carbocycles. The Kier molecular flexibility index (Phi) is 6.89. The number of thiazole rings is 1. The Morgan fingerprint density at radius 3 is 2.69 bits per heavy atom. The predicted octanol–water partition coefficient (Wildman–Crippen LogP) is 6.27. The molecule has 146 valence electrons. The average molecular weight is 444 g/mol. The van der Waals surface area contributed by atoms with Crippen LogP contribution < -0.4 is 5.32 Å². The van der Waals surface area contributed by atoms with Crippen molar-refractivity contribution in [2.24, 2.45) is 0 Å². The molecule has 0 spiro atoms. The van der Waals surface area contributed by atoms with Crippen LogP contribution in [0, 0.1) is 11.3 Å². The molecule has 3 rings (SSSR count). The quantitative estimate of drug-likeness (QED) is 0.358. The van der Waals surface area contributed by atoms with Gasteiger partial charge in [-0.3, -0.25) is 0 Å². The Bertz CT molecular complexity index is 1100. The van der Waals surface area contributed by atoms with E-state index in [4.69, 9.17) is 27.9 Å². The molecule has 5 nitrogen and oxygen atoms in total. The number of nitrogens with one attached hydrogen (secondary N) is 1. The summed E-state index contributed by atoms with van der Waals surface area (Å²) in [6.07, 6.45) is 1.57. The molecular weight excluding hydrogens is 429 g/mol. The molecule has 2 aromatic carbocycles. The van der Waals surface area contributed by atoms with Crippen molar-refractivity contribution in [1.29, 1.82) is 5.26 Å². The van der Waals surface area contributed by atoms with Crippen LogP contribution in [0.5, 0.6) is 0 Å². The van der Waals surface area contributed by atoms with Gasteiger partial charge in [-0.2, -0.15) is 5.26 Å². The van der Waals surface area contributed by atoms with E-state index in [1.165, 1.54) is 11.3 Å². The van der Waals surface area contributed by atoms with Gasteiger partial charge in [0.25, 0.3) is 0 Å². The van der Waals surface area contributed by atoms with E-state index in [0.29, 0.717) is 38.5 Å². The zero-order chi connectivity index (χ0) is 20.8. The van der Waals surface area contributed by atoms with Gasteiger partial charge in [0.05, 0.1) is 22.9 Å². The van der Waals surface area contributed by atoms with Crippen LogP contribution >= 0.6 is 34.5 Å². The van der Waals surface area contributed by atoms with Gasteiger partial charge in [-0.1, -0.05) is 23.2 Å². The SMILES string of the molecule is CCOC(=O)c1ccc(NC=C(C#N)c2nc(-c3ccc(Cl)cc3Cl)cs2)cc1. The first-order valence-electron chi connectivity index (χ1n) is 8.57. The van der Waals surface area contributed by atoms with Gasteiger partial charge >= 0.3 is 5.97 Å². The molecule has 0 amide bonds. The second-order valence-electron chi connectivity index (χ2n) is 5.77. The summed E-state index contributed by atoms with van der Waals surface area (Å²) in [5.41, 5.74) is 2.99. The lowest BCUT2D eigenvalue weighted by Gasteiger charge is -2.04. The summed E-state index contributed by atoms with van der Waals surface area (Å²) >= 11 is 13.5. The van der Waals surface area contributed by atoms with E-state index in [0.717, 1.165) is 11.3 Å². The first-order chi connectivity index (χ1) is 14.0. The molecule has 0 aliphatic heterocycles. The first kappa shape index (κ1) is 20.9. The van der Waals surface area contributed by atoms with Gasteiger partial charge in [-0.15, -0.1) is 11.3 Å². The maximum Gasteiger partial charge on any atom is 0.338 e. The molecule has 0 unspecified atom stereocenters. The van der Waals surface area contributed by atoms with Crippen molar-refractivity contribution >= 4 is 51.8 Å². The molecule has 8 heteroatoms. The molecule has 0 atom stereocenters. The fraction of sp³-hybridized carbons (Fsp3) is 0.0952. The predicted molar refractivity (Wildman–Crippen MR) is 117 cm³/mol. The molecular formula is C21H15Cl2N3O2S. The number of benzene rings is 2. The molecule has 29 heavy (non-hydrogen) atoms. The van der Waals surface area contributed by atoms with Crippen molar-refractivity contribution in [3.8, 4) is 17.3 Å². The topological polar surface area (TPSA) is 75.0 Å². The number of halogens is 2. The Morgan fingerprint density at radius 1 is 1.28 bits per heavy atom. The van der Waals surface area contributed by atoms with Gasteiger partial charge in [0.15, 0.2) is 0 Å². The Hall–Kier alpha value is -2.85. The zero-order valence-electron chi connectivity index (χ0n) is 15.3. The van der Waals surface area contributed by atoms with Gasteiger partial charge < -0.3 is 10.1 Å². The van der Waals surface area contributed by atoms with Crippen LogP contribution in [0.1, 0.15) is 22.3 Å². The van der Waals surface area contributed by atoms with Crippen molar-refractivity contribution in [1.82, 2.24) is 4.98 Å². The standard InChI is InChI=1S/C21H15Cl2N3O2S/c1-2-28-21(27)13-3-6-16(7-4-13)25-11-14(10-24)20-26-19(12-29-20)17-8-5-15(22)9-18(17)23/h3-9,11-12,25H,2H2,1H3. The lowest BCUT2D eigenvalue weighted by atomic mass is 10.2. The summed E-state index contributed by atoms with van der Waals surface area (Å²) in [6, 6.07) is 14.1. The van der Waals surface area contributed by atoms with Crippen molar-refractivity contribution in [2.45, 2.75) is 6.92 Å². The Morgan fingerprint density at radius 2 is 2.03 bits per heavy atom. The molecule has 1 N–H and O–H groups in total. The highest BCUT2D eigenvalue weighted by atomic mass is 35.5. The minimum Gasteiger partial charge on any atom is -0.462 e. The van der Waals surface area contributed by atoms with E-state index in [1.54, 1.807) is 55.6 Å². The van der Waals surface area contributed by atoms with Gasteiger partial charge in [0, 0.05) is 27.9 Å². The van der Waals surface area contributed by atoms with Crippen molar-refractivity contribution in [2.75, 3.05) is 11.9 Å². The largest absolute Gasteiger partial charge is 0.462 e. The fourth-order valence-electron chi connectivity index (χ4n) is 2.43. The van der Waals surface area contributed by atoms with E-state index in [-0.39, 0.29) is 5.97 Å². The van der Waals surface area contributed by atoms with E-state index < -0.39 is 0 Å². The van der Waals surface area contributed by atoms with Crippen LogP contribution in [-0.4, -0.2) is 17.6 Å². The van der Waals surface area contributed by atoms with Gasteiger partial charge in [-0.25, -0.2) is 9.78 Å². The van der Waals surface area contributed by atoms with E-state index in [2.05, 4.69) is 16.4 Å². The number of nitrogens with zero attached hydrogens (tertiary/aromatic N) is 2. The van der Waals surface area contributed by atoms with E-state index >= 15 is 0 Å². The molecule has 0 bridgehead atoms. The van der Waals surface area contributed by atoms with Gasteiger partial charge in [-0.05, 0) is 49.4 Å². The number of hydrogen-bond donors (Lipinski definition) is 1. The summed E-state index contributed by atoms with van der Waals surface area (Å²) in [5, 5.41) is 16.0. The van der Waals surface area contributed by atoms with E-state index in [1.807, 2.05) is 5.38 Å². The monoisotopic (exact) mass is 443 g/mol. The number of anilines is 1. The Labute approximate surface area is 182 Å². The third kappa shape index (κ3) is 5.15. The molecule has 0 aliphatic rings. The summed E-state index contributed by atoms with van der Waals surface area (Å²) in [7, 11) is 0. The maximum atomic E-state index is 11.7. The third-order valence-corrected chi connectivity index (χ3v) is 5.26. The Balaban J connectivity index is 1.76. The molecule has 1 heterocycles. The van der Waals surface area contributed by atoms with Crippen LogP contribution in [0.15, 0.2) is 54.0 Å². The number of rotatable bonds is 6.